The molecular weight excluding hydrogens is 368 g/mol. The minimum Gasteiger partial charge on any atom is -0.472 e. The first-order valence-corrected chi connectivity index (χ1v) is 9.62. The summed E-state index contributed by atoms with van der Waals surface area (Å²) in [5.74, 6) is 0.427. The molecule has 0 radical (unpaired) electrons. The minimum atomic E-state index is -0.289. The lowest BCUT2D eigenvalue weighted by atomic mass is 9.74. The van der Waals surface area contributed by atoms with Crippen LogP contribution in [-0.2, 0) is 4.79 Å². The van der Waals surface area contributed by atoms with Crippen LogP contribution < -0.4 is 10.5 Å². The van der Waals surface area contributed by atoms with Crippen LogP contribution in [0.4, 0.5) is 0 Å². The molecule has 3 rings (SSSR count). The Labute approximate surface area is 170 Å². The van der Waals surface area contributed by atoms with Gasteiger partial charge in [-0.05, 0) is 19.1 Å². The maximum Gasteiger partial charge on any atom is 0.246 e. The summed E-state index contributed by atoms with van der Waals surface area (Å²) in [4.78, 5) is 22.8. The maximum absolute atomic E-state index is 12.2. The van der Waals surface area contributed by atoms with Crippen LogP contribution in [0.25, 0.3) is 11.1 Å². The van der Waals surface area contributed by atoms with E-state index in [4.69, 9.17) is 15.5 Å². The number of rotatable bonds is 5. The number of allylic oxidation sites excluding steroid dienone is 1. The lowest BCUT2D eigenvalue weighted by molar-refractivity contribution is -0.137. The number of hydrogen-bond donors (Lipinski definition) is 1. The van der Waals surface area contributed by atoms with Gasteiger partial charge in [-0.3, -0.25) is 9.79 Å². The van der Waals surface area contributed by atoms with Crippen molar-refractivity contribution in [3.63, 3.8) is 0 Å². The number of likely N-dealkylation sites (tertiary alicyclic amines) is 1. The van der Waals surface area contributed by atoms with E-state index in [1.807, 2.05) is 17.9 Å². The number of amides is 1. The van der Waals surface area contributed by atoms with Gasteiger partial charge in [-0.1, -0.05) is 20.4 Å². The average Bonchev–Trinajstić information content (AvgIpc) is 3.18. The molecule has 2 atom stereocenters. The molecule has 1 aliphatic heterocycles. The monoisotopic (exact) mass is 396 g/mol. The van der Waals surface area contributed by atoms with E-state index in [-0.39, 0.29) is 23.5 Å². The summed E-state index contributed by atoms with van der Waals surface area (Å²) in [5, 5.41) is 4.33. The highest BCUT2D eigenvalue weighted by atomic mass is 16.5. The van der Waals surface area contributed by atoms with Gasteiger partial charge in [-0.25, -0.2) is 9.50 Å². The van der Waals surface area contributed by atoms with Crippen molar-refractivity contribution in [2.45, 2.75) is 39.3 Å². The van der Waals surface area contributed by atoms with Crippen LogP contribution in [0.5, 0.6) is 5.88 Å². The maximum atomic E-state index is 12.2. The highest BCUT2D eigenvalue weighted by molar-refractivity contribution is 6.08. The molecule has 1 saturated heterocycles. The number of carbonyl (C=O) groups is 1. The third-order valence-corrected chi connectivity index (χ3v) is 5.82. The van der Waals surface area contributed by atoms with Crippen molar-refractivity contribution >= 4 is 23.2 Å². The molecule has 1 fully saturated rings. The first-order valence-electron chi connectivity index (χ1n) is 9.62. The van der Waals surface area contributed by atoms with E-state index in [0.29, 0.717) is 30.1 Å². The summed E-state index contributed by atoms with van der Waals surface area (Å²) in [7, 11) is 1.68. The standard InChI is InChI=1S/C21H28N6O2/c1-6-19(28)26-10-8-18(21(3,4)14(26)2)29-20-17-7-9-24-27(17)13-16(25-20)15(11-22)12-23-5/h6-7,9,11-14,18H,1,8,10,22H2,2-5H3. The van der Waals surface area contributed by atoms with Crippen LogP contribution in [-0.4, -0.2) is 57.4 Å². The van der Waals surface area contributed by atoms with Crippen molar-refractivity contribution in [1.82, 2.24) is 19.5 Å². The molecule has 2 aromatic heterocycles. The zero-order chi connectivity index (χ0) is 21.2. The van der Waals surface area contributed by atoms with E-state index >= 15 is 0 Å². The van der Waals surface area contributed by atoms with Crippen molar-refractivity contribution < 1.29 is 9.53 Å². The van der Waals surface area contributed by atoms with E-state index in [1.165, 1.54) is 12.3 Å². The number of aromatic nitrogens is 3. The Morgan fingerprint density at radius 2 is 2.24 bits per heavy atom. The lowest BCUT2D eigenvalue weighted by Crippen LogP contribution is -2.58. The number of piperidine rings is 1. The third-order valence-electron chi connectivity index (χ3n) is 5.82. The Kier molecular flexibility index (Phi) is 5.72. The van der Waals surface area contributed by atoms with E-state index in [2.05, 4.69) is 30.5 Å². The molecule has 0 aliphatic carbocycles. The molecule has 8 heteroatoms. The number of nitrogens with zero attached hydrogens (tertiary/aromatic N) is 5. The van der Waals surface area contributed by atoms with Crippen LogP contribution >= 0.6 is 0 Å². The van der Waals surface area contributed by atoms with Crippen molar-refractivity contribution in [3.05, 3.63) is 43.0 Å². The van der Waals surface area contributed by atoms with Gasteiger partial charge in [0.1, 0.15) is 11.6 Å². The first kappa shape index (κ1) is 20.6. The van der Waals surface area contributed by atoms with Gasteiger partial charge < -0.3 is 15.4 Å². The van der Waals surface area contributed by atoms with Gasteiger partial charge in [0.2, 0.25) is 11.8 Å². The van der Waals surface area contributed by atoms with Gasteiger partial charge in [-0.2, -0.15) is 5.10 Å². The number of aliphatic imine (C=N–C) groups is 1. The summed E-state index contributed by atoms with van der Waals surface area (Å²) in [6.45, 7) is 10.5. The molecular formula is C21H28N6O2. The normalized spacial score (nSPS) is 22.2. The fraction of sp³-hybridized carbons (Fsp3) is 0.429. The van der Waals surface area contributed by atoms with Gasteiger partial charge in [0.05, 0.1) is 18.1 Å². The van der Waals surface area contributed by atoms with E-state index < -0.39 is 0 Å². The summed E-state index contributed by atoms with van der Waals surface area (Å²) in [6.07, 6.45) is 8.53. The Morgan fingerprint density at radius 3 is 2.90 bits per heavy atom. The number of carbonyl (C=O) groups excluding carboxylic acids is 1. The summed E-state index contributed by atoms with van der Waals surface area (Å²) < 4.78 is 8.16. The molecule has 3 heterocycles. The average molecular weight is 396 g/mol. The van der Waals surface area contributed by atoms with Crippen molar-refractivity contribution in [2.24, 2.45) is 16.1 Å². The van der Waals surface area contributed by atoms with E-state index in [9.17, 15) is 4.79 Å². The largest absolute Gasteiger partial charge is 0.472 e. The molecule has 2 unspecified atom stereocenters. The van der Waals surface area contributed by atoms with Crippen LogP contribution in [0.1, 0.15) is 32.9 Å². The number of fused-ring (bicyclic) bond motifs is 1. The Morgan fingerprint density at radius 1 is 1.48 bits per heavy atom. The second-order valence-corrected chi connectivity index (χ2v) is 7.73. The highest BCUT2D eigenvalue weighted by Gasteiger charge is 2.45. The summed E-state index contributed by atoms with van der Waals surface area (Å²) >= 11 is 0. The number of nitrogens with two attached hydrogens (primary N) is 1. The van der Waals surface area contributed by atoms with E-state index in [1.54, 1.807) is 30.2 Å². The predicted molar refractivity (Wildman–Crippen MR) is 114 cm³/mol. The second kappa shape index (κ2) is 8.06. The Hall–Kier alpha value is -3.16. The van der Waals surface area contributed by atoms with Gasteiger partial charge >= 0.3 is 0 Å². The van der Waals surface area contributed by atoms with Gasteiger partial charge in [0.15, 0.2) is 0 Å². The topological polar surface area (TPSA) is 98.1 Å². The van der Waals surface area contributed by atoms with Crippen LogP contribution in [0.15, 0.2) is 42.3 Å². The Balaban J connectivity index is 1.96. The molecule has 0 saturated carbocycles. The van der Waals surface area contributed by atoms with Gasteiger partial charge in [-0.15, -0.1) is 0 Å². The van der Waals surface area contributed by atoms with Gasteiger partial charge in [0.25, 0.3) is 0 Å². The predicted octanol–water partition coefficient (Wildman–Crippen LogP) is 2.31. The van der Waals surface area contributed by atoms with Crippen LogP contribution in [0.3, 0.4) is 0 Å². The van der Waals surface area contributed by atoms with Crippen molar-refractivity contribution in [1.29, 1.82) is 0 Å². The number of ether oxygens (including phenoxy) is 1. The van der Waals surface area contributed by atoms with E-state index in [0.717, 1.165) is 5.52 Å². The molecule has 0 aromatic carbocycles. The zero-order valence-electron chi connectivity index (χ0n) is 17.4. The fourth-order valence-corrected chi connectivity index (χ4v) is 3.71. The molecule has 8 nitrogen and oxygen atoms in total. The smallest absolute Gasteiger partial charge is 0.246 e. The zero-order valence-corrected chi connectivity index (χ0v) is 17.4. The molecule has 0 bridgehead atoms. The molecule has 2 N–H and O–H groups in total. The summed E-state index contributed by atoms with van der Waals surface area (Å²) in [6, 6.07) is 1.85. The van der Waals surface area contributed by atoms with Crippen LogP contribution in [0.2, 0.25) is 0 Å². The quantitative estimate of drug-likeness (QED) is 0.618. The lowest BCUT2D eigenvalue weighted by Gasteiger charge is -2.48. The van der Waals surface area contributed by atoms with Crippen LogP contribution in [0, 0.1) is 5.41 Å². The summed E-state index contributed by atoms with van der Waals surface area (Å²) in [5.41, 5.74) is 7.53. The SMILES string of the molecule is C=CC(=O)N1CCC(Oc2nc(C(C=NC)=CN)cn3nccc23)C(C)(C)C1C. The highest BCUT2D eigenvalue weighted by Crippen LogP contribution is 2.38. The Bertz CT molecular complexity index is 975. The molecule has 1 aliphatic rings. The molecule has 2 aromatic rings. The third kappa shape index (κ3) is 3.74. The van der Waals surface area contributed by atoms with Crippen molar-refractivity contribution in [3.8, 4) is 5.88 Å². The van der Waals surface area contributed by atoms with Gasteiger partial charge in [0, 0.05) is 49.5 Å². The second-order valence-electron chi connectivity index (χ2n) is 7.73. The van der Waals surface area contributed by atoms with Crippen molar-refractivity contribution in [2.75, 3.05) is 13.6 Å². The minimum absolute atomic E-state index is 0.0115. The number of hydrogen-bond acceptors (Lipinski definition) is 6. The molecule has 29 heavy (non-hydrogen) atoms. The molecule has 1 amide bonds. The fourth-order valence-electron chi connectivity index (χ4n) is 3.71. The molecule has 0 spiro atoms. The first-order chi connectivity index (χ1) is 13.8. The molecule has 154 valence electrons.